The number of benzene rings is 1. The average Bonchev–Trinajstić information content (AvgIpc) is 2.36. The van der Waals surface area contributed by atoms with E-state index < -0.39 is 6.10 Å². The van der Waals surface area contributed by atoms with E-state index in [9.17, 15) is 10.2 Å². The first-order valence-corrected chi connectivity index (χ1v) is 6.17. The molecule has 0 saturated carbocycles. The van der Waals surface area contributed by atoms with Crippen LogP contribution in [0, 0.1) is 0 Å². The van der Waals surface area contributed by atoms with E-state index >= 15 is 0 Å². The quantitative estimate of drug-likeness (QED) is 0.858. The maximum atomic E-state index is 9.48. The van der Waals surface area contributed by atoms with E-state index in [-0.39, 0.29) is 5.76 Å². The number of aliphatic hydroxyl groups excluding tert-OH is 2. The second-order valence-electron chi connectivity index (χ2n) is 4.45. The van der Waals surface area contributed by atoms with Gasteiger partial charge in [0.1, 0.15) is 18.1 Å². The third kappa shape index (κ3) is 3.37. The van der Waals surface area contributed by atoms with Crippen LogP contribution in [0.25, 0.3) is 0 Å². The summed E-state index contributed by atoms with van der Waals surface area (Å²) in [5, 5.41) is 18.9. The normalized spacial score (nSPS) is 19.1. The molecule has 0 spiro atoms. The summed E-state index contributed by atoms with van der Waals surface area (Å²) in [6.45, 7) is 2.50. The van der Waals surface area contributed by atoms with Crippen molar-refractivity contribution in [3.05, 3.63) is 53.3 Å². The van der Waals surface area contributed by atoms with Crippen LogP contribution in [0.15, 0.2) is 47.7 Å². The van der Waals surface area contributed by atoms with Crippen molar-refractivity contribution in [3.63, 3.8) is 0 Å². The van der Waals surface area contributed by atoms with E-state index in [1.807, 2.05) is 24.3 Å². The zero-order chi connectivity index (χ0) is 13.0. The Bertz CT molecular complexity index is 457. The van der Waals surface area contributed by atoms with Gasteiger partial charge in [-0.1, -0.05) is 19.1 Å². The van der Waals surface area contributed by atoms with Crippen LogP contribution in [0.4, 0.5) is 0 Å². The first-order valence-electron chi connectivity index (χ1n) is 6.17. The molecule has 0 aromatic heterocycles. The van der Waals surface area contributed by atoms with Gasteiger partial charge in [0, 0.05) is 6.42 Å². The minimum atomic E-state index is -0.615. The number of aliphatic hydroxyl groups is 2. The highest BCUT2D eigenvalue weighted by Crippen LogP contribution is 2.19. The van der Waals surface area contributed by atoms with Crippen LogP contribution in [0.5, 0.6) is 5.75 Å². The summed E-state index contributed by atoms with van der Waals surface area (Å²) in [5.74, 6) is 0.908. The molecule has 2 N–H and O–H groups in total. The number of hydrogen-bond acceptors (Lipinski definition) is 3. The Labute approximate surface area is 107 Å². The first kappa shape index (κ1) is 12.7. The van der Waals surface area contributed by atoms with Crippen LogP contribution in [0.1, 0.15) is 18.9 Å². The molecule has 0 radical (unpaired) electrons. The molecule has 3 heteroatoms. The largest absolute Gasteiger partial charge is 0.508 e. The third-order valence-corrected chi connectivity index (χ3v) is 2.94. The molecule has 0 aliphatic heterocycles. The van der Waals surface area contributed by atoms with E-state index in [0.717, 1.165) is 17.7 Å². The molecular weight excluding hydrogens is 228 g/mol. The Morgan fingerprint density at radius 1 is 1.28 bits per heavy atom. The molecule has 2 rings (SSSR count). The zero-order valence-electron chi connectivity index (χ0n) is 10.5. The van der Waals surface area contributed by atoms with Crippen LogP contribution in [-0.4, -0.2) is 22.9 Å². The van der Waals surface area contributed by atoms with Crippen LogP contribution in [-0.2, 0) is 6.42 Å². The minimum Gasteiger partial charge on any atom is -0.508 e. The lowest BCUT2D eigenvalue weighted by Gasteiger charge is -2.16. The monoisotopic (exact) mass is 246 g/mol. The van der Waals surface area contributed by atoms with Crippen molar-refractivity contribution in [1.82, 2.24) is 0 Å². The molecular formula is C15H18O3. The molecule has 1 aromatic carbocycles. The lowest BCUT2D eigenvalue weighted by atomic mass is 10.0. The lowest BCUT2D eigenvalue weighted by molar-refractivity contribution is 0.207. The van der Waals surface area contributed by atoms with Crippen LogP contribution < -0.4 is 4.74 Å². The van der Waals surface area contributed by atoms with Crippen molar-refractivity contribution < 1.29 is 14.9 Å². The first-order chi connectivity index (χ1) is 8.67. The number of rotatable bonds is 4. The molecule has 1 aliphatic rings. The highest BCUT2D eigenvalue weighted by Gasteiger charge is 2.12. The van der Waals surface area contributed by atoms with E-state index in [1.165, 1.54) is 11.6 Å². The van der Waals surface area contributed by atoms with Crippen LogP contribution >= 0.6 is 0 Å². The summed E-state index contributed by atoms with van der Waals surface area (Å²) in [4.78, 5) is 0. The number of ether oxygens (including phenoxy) is 1. The molecule has 1 atom stereocenters. The van der Waals surface area contributed by atoms with Crippen LogP contribution in [0.3, 0.4) is 0 Å². The van der Waals surface area contributed by atoms with Gasteiger partial charge < -0.3 is 14.9 Å². The number of aryl methyl sites for hydroxylation is 1. The SMILES string of the molecule is CCc1ccc(OCC2=CC(O)=C[C@@H](O)C2)cc1. The number of allylic oxidation sites excluding steroid dienone is 1. The van der Waals surface area contributed by atoms with Crippen molar-refractivity contribution in [2.75, 3.05) is 6.61 Å². The van der Waals surface area contributed by atoms with Gasteiger partial charge in [-0.25, -0.2) is 0 Å². The Morgan fingerprint density at radius 2 is 2.00 bits per heavy atom. The summed E-state index contributed by atoms with van der Waals surface area (Å²) >= 11 is 0. The average molecular weight is 246 g/mol. The van der Waals surface area contributed by atoms with Crippen molar-refractivity contribution in [2.24, 2.45) is 0 Å². The standard InChI is InChI=1S/C15H18O3/c1-2-11-3-5-15(6-4-11)18-10-12-7-13(16)9-14(17)8-12/h3-7,9,14,16-17H,2,8,10H2,1H3/t14-/m0/s1. The zero-order valence-corrected chi connectivity index (χ0v) is 10.5. The molecule has 1 aromatic rings. The third-order valence-electron chi connectivity index (χ3n) is 2.94. The van der Waals surface area contributed by atoms with Crippen molar-refractivity contribution in [1.29, 1.82) is 0 Å². The fraction of sp³-hybridized carbons (Fsp3) is 0.333. The lowest BCUT2D eigenvalue weighted by Crippen LogP contribution is -2.14. The van der Waals surface area contributed by atoms with Gasteiger partial charge in [-0.2, -0.15) is 0 Å². The van der Waals surface area contributed by atoms with Gasteiger partial charge >= 0.3 is 0 Å². The van der Waals surface area contributed by atoms with E-state index in [1.54, 1.807) is 6.08 Å². The van der Waals surface area contributed by atoms with Crippen molar-refractivity contribution in [2.45, 2.75) is 25.9 Å². The summed E-state index contributed by atoms with van der Waals surface area (Å²) < 4.78 is 5.62. The fourth-order valence-corrected chi connectivity index (χ4v) is 1.94. The summed E-state index contributed by atoms with van der Waals surface area (Å²) in [5.41, 5.74) is 2.16. The van der Waals surface area contributed by atoms with Gasteiger partial charge in [-0.3, -0.25) is 0 Å². The Balaban J connectivity index is 1.93. The molecule has 0 fully saturated rings. The smallest absolute Gasteiger partial charge is 0.119 e. The molecule has 0 unspecified atom stereocenters. The van der Waals surface area contributed by atoms with Gasteiger partial charge in [0.05, 0.1) is 6.10 Å². The van der Waals surface area contributed by atoms with Crippen LogP contribution in [0.2, 0.25) is 0 Å². The Morgan fingerprint density at radius 3 is 2.61 bits per heavy atom. The van der Waals surface area contributed by atoms with Gasteiger partial charge in [-0.15, -0.1) is 0 Å². The fourth-order valence-electron chi connectivity index (χ4n) is 1.94. The maximum absolute atomic E-state index is 9.48. The predicted molar refractivity (Wildman–Crippen MR) is 70.7 cm³/mol. The molecule has 0 saturated heterocycles. The van der Waals surface area contributed by atoms with Gasteiger partial charge in [0.2, 0.25) is 0 Å². The summed E-state index contributed by atoms with van der Waals surface area (Å²) in [7, 11) is 0. The molecule has 0 heterocycles. The molecule has 0 bridgehead atoms. The highest BCUT2D eigenvalue weighted by atomic mass is 16.5. The van der Waals surface area contributed by atoms with Gasteiger partial charge in [-0.05, 0) is 41.8 Å². The molecule has 3 nitrogen and oxygen atoms in total. The second-order valence-corrected chi connectivity index (χ2v) is 4.45. The molecule has 1 aliphatic carbocycles. The van der Waals surface area contributed by atoms with Gasteiger partial charge in [0.15, 0.2) is 0 Å². The van der Waals surface area contributed by atoms with Crippen molar-refractivity contribution >= 4 is 0 Å². The topological polar surface area (TPSA) is 49.7 Å². The van der Waals surface area contributed by atoms with E-state index in [4.69, 9.17) is 4.74 Å². The predicted octanol–water partition coefficient (Wildman–Crippen LogP) is 2.76. The maximum Gasteiger partial charge on any atom is 0.119 e. The molecule has 96 valence electrons. The summed E-state index contributed by atoms with van der Waals surface area (Å²) in [6.07, 6.45) is 3.98. The Hall–Kier alpha value is -1.74. The molecule has 0 amide bonds. The second kappa shape index (κ2) is 5.74. The minimum absolute atomic E-state index is 0.105. The molecule has 18 heavy (non-hydrogen) atoms. The van der Waals surface area contributed by atoms with E-state index in [0.29, 0.717) is 13.0 Å². The van der Waals surface area contributed by atoms with Gasteiger partial charge in [0.25, 0.3) is 0 Å². The highest BCUT2D eigenvalue weighted by molar-refractivity contribution is 5.29. The Kier molecular flexibility index (Phi) is 4.05. The van der Waals surface area contributed by atoms with E-state index in [2.05, 4.69) is 6.92 Å². The van der Waals surface area contributed by atoms with Crippen molar-refractivity contribution in [3.8, 4) is 5.75 Å². The summed E-state index contributed by atoms with van der Waals surface area (Å²) in [6, 6.07) is 7.95. The number of hydrogen-bond donors (Lipinski definition) is 2.